The van der Waals surface area contributed by atoms with Crippen LogP contribution < -0.4 is 4.74 Å². The maximum Gasteiger partial charge on any atom is 0.123 e. The van der Waals surface area contributed by atoms with Gasteiger partial charge in [-0.05, 0) is 73.1 Å². The zero-order valence-corrected chi connectivity index (χ0v) is 14.2. The number of benzene rings is 2. The van der Waals surface area contributed by atoms with Crippen LogP contribution in [0.15, 0.2) is 42.5 Å². The summed E-state index contributed by atoms with van der Waals surface area (Å²) < 4.78 is 19.7. The van der Waals surface area contributed by atoms with Crippen LogP contribution in [-0.2, 0) is 6.42 Å². The highest BCUT2D eigenvalue weighted by Gasteiger charge is 2.21. The number of aliphatic hydroxyl groups excluding tert-OH is 1. The molecular formula is C21H25FO2. The van der Waals surface area contributed by atoms with Crippen molar-refractivity contribution in [2.24, 2.45) is 0 Å². The van der Waals surface area contributed by atoms with Crippen molar-refractivity contribution in [2.45, 2.75) is 57.7 Å². The second-order valence-corrected chi connectivity index (χ2v) is 6.63. The van der Waals surface area contributed by atoms with E-state index < -0.39 is 0 Å². The lowest BCUT2D eigenvalue weighted by Crippen LogP contribution is -2.26. The third-order valence-electron chi connectivity index (χ3n) is 4.68. The minimum Gasteiger partial charge on any atom is -0.490 e. The molecule has 0 aliphatic heterocycles. The number of hydrogen-bond donors (Lipinski definition) is 1. The highest BCUT2D eigenvalue weighted by molar-refractivity contribution is 5.69. The van der Waals surface area contributed by atoms with Gasteiger partial charge in [-0.1, -0.05) is 31.5 Å². The number of aryl methyl sites for hydroxylation is 1. The predicted molar refractivity (Wildman–Crippen MR) is 94.7 cm³/mol. The zero-order chi connectivity index (χ0) is 16.9. The van der Waals surface area contributed by atoms with Gasteiger partial charge >= 0.3 is 0 Å². The average molecular weight is 328 g/mol. The van der Waals surface area contributed by atoms with Gasteiger partial charge in [-0.25, -0.2) is 4.39 Å². The summed E-state index contributed by atoms with van der Waals surface area (Å²) in [5, 5.41) is 9.62. The lowest BCUT2D eigenvalue weighted by Gasteiger charge is -2.26. The van der Waals surface area contributed by atoms with Gasteiger partial charge in [0.15, 0.2) is 0 Å². The van der Waals surface area contributed by atoms with Crippen molar-refractivity contribution in [3.8, 4) is 16.9 Å². The number of rotatable bonds is 5. The summed E-state index contributed by atoms with van der Waals surface area (Å²) in [4.78, 5) is 0. The van der Waals surface area contributed by atoms with E-state index >= 15 is 0 Å². The highest BCUT2D eigenvalue weighted by Crippen LogP contribution is 2.31. The van der Waals surface area contributed by atoms with Gasteiger partial charge in [-0.3, -0.25) is 0 Å². The molecule has 0 heterocycles. The van der Waals surface area contributed by atoms with Crippen molar-refractivity contribution >= 4 is 0 Å². The molecule has 1 N–H and O–H groups in total. The molecule has 0 aromatic heterocycles. The van der Waals surface area contributed by atoms with Crippen molar-refractivity contribution < 1.29 is 14.2 Å². The van der Waals surface area contributed by atoms with E-state index in [4.69, 9.17) is 4.74 Å². The minimum absolute atomic E-state index is 0.158. The Kier molecular flexibility index (Phi) is 5.52. The second-order valence-electron chi connectivity index (χ2n) is 6.63. The summed E-state index contributed by atoms with van der Waals surface area (Å²) in [6.45, 7) is 2.15. The third-order valence-corrected chi connectivity index (χ3v) is 4.68. The van der Waals surface area contributed by atoms with E-state index in [-0.39, 0.29) is 18.0 Å². The Bertz CT molecular complexity index is 675. The van der Waals surface area contributed by atoms with Crippen LogP contribution in [0, 0.1) is 5.82 Å². The Morgan fingerprint density at radius 2 is 1.88 bits per heavy atom. The Morgan fingerprint density at radius 3 is 2.58 bits per heavy atom. The Hall–Kier alpha value is -1.87. The van der Waals surface area contributed by atoms with Crippen molar-refractivity contribution in [3.63, 3.8) is 0 Å². The molecule has 2 aromatic rings. The molecule has 2 nitrogen and oxygen atoms in total. The lowest BCUT2D eigenvalue weighted by atomic mass is 9.94. The number of ether oxygens (including phenoxy) is 1. The van der Waals surface area contributed by atoms with Gasteiger partial charge in [0.2, 0.25) is 0 Å². The summed E-state index contributed by atoms with van der Waals surface area (Å²) in [6, 6.07) is 12.9. The molecule has 0 spiro atoms. The average Bonchev–Trinajstić information content (AvgIpc) is 2.58. The van der Waals surface area contributed by atoms with Crippen molar-refractivity contribution in [1.29, 1.82) is 0 Å². The van der Waals surface area contributed by atoms with E-state index in [1.165, 1.54) is 11.6 Å². The minimum atomic E-state index is -0.220. The monoisotopic (exact) mass is 328 g/mol. The van der Waals surface area contributed by atoms with Crippen molar-refractivity contribution in [3.05, 3.63) is 53.8 Å². The number of halogens is 1. The first kappa shape index (κ1) is 17.0. The molecule has 1 aliphatic rings. The molecule has 1 aliphatic carbocycles. The van der Waals surface area contributed by atoms with E-state index in [1.807, 2.05) is 18.2 Å². The van der Waals surface area contributed by atoms with Crippen LogP contribution in [0.1, 0.15) is 44.6 Å². The van der Waals surface area contributed by atoms with Gasteiger partial charge in [-0.15, -0.1) is 0 Å². The molecule has 24 heavy (non-hydrogen) atoms. The Balaban J connectivity index is 1.85. The quantitative estimate of drug-likeness (QED) is 0.824. The summed E-state index contributed by atoms with van der Waals surface area (Å²) >= 11 is 0. The summed E-state index contributed by atoms with van der Waals surface area (Å²) in [7, 11) is 0. The fourth-order valence-corrected chi connectivity index (χ4v) is 3.40. The molecule has 128 valence electrons. The van der Waals surface area contributed by atoms with E-state index in [1.54, 1.807) is 12.1 Å². The SMILES string of the molecule is CCCc1ccc(OC2CCC(O)CC2)cc1-c1cccc(F)c1. The first-order valence-corrected chi connectivity index (χ1v) is 8.89. The number of aliphatic hydroxyl groups is 1. The molecule has 1 fully saturated rings. The van der Waals surface area contributed by atoms with Gasteiger partial charge in [-0.2, -0.15) is 0 Å². The summed E-state index contributed by atoms with van der Waals surface area (Å²) in [5.74, 6) is 0.609. The molecule has 3 heteroatoms. The smallest absolute Gasteiger partial charge is 0.123 e. The van der Waals surface area contributed by atoms with Crippen molar-refractivity contribution in [2.75, 3.05) is 0 Å². The first-order valence-electron chi connectivity index (χ1n) is 8.89. The summed E-state index contributed by atoms with van der Waals surface area (Å²) in [6.07, 6.45) is 5.35. The second kappa shape index (κ2) is 7.80. The highest BCUT2D eigenvalue weighted by atomic mass is 19.1. The van der Waals surface area contributed by atoms with Crippen LogP contribution in [0.5, 0.6) is 5.75 Å². The molecule has 0 atom stereocenters. The fourth-order valence-electron chi connectivity index (χ4n) is 3.40. The molecule has 1 saturated carbocycles. The van der Waals surface area contributed by atoms with Crippen LogP contribution in [0.3, 0.4) is 0 Å². The topological polar surface area (TPSA) is 29.5 Å². The van der Waals surface area contributed by atoms with Crippen LogP contribution in [0.2, 0.25) is 0 Å². The third kappa shape index (κ3) is 4.15. The fraction of sp³-hybridized carbons (Fsp3) is 0.429. The molecule has 0 unspecified atom stereocenters. The molecule has 2 aromatic carbocycles. The standard InChI is InChI=1S/C21H25FO2/c1-2-4-15-7-10-20(24-19-11-8-18(23)9-12-19)14-21(15)16-5-3-6-17(22)13-16/h3,5-7,10,13-14,18-19,23H,2,4,8-9,11-12H2,1H3. The lowest BCUT2D eigenvalue weighted by molar-refractivity contribution is 0.0666. The zero-order valence-electron chi connectivity index (χ0n) is 14.2. The molecule has 0 radical (unpaired) electrons. The van der Waals surface area contributed by atoms with Gasteiger partial charge in [0.05, 0.1) is 12.2 Å². The summed E-state index contributed by atoms with van der Waals surface area (Å²) in [5.41, 5.74) is 3.15. The molecule has 3 rings (SSSR count). The van der Waals surface area contributed by atoms with E-state index in [9.17, 15) is 9.50 Å². The van der Waals surface area contributed by atoms with Gasteiger partial charge in [0, 0.05) is 0 Å². The van der Waals surface area contributed by atoms with Gasteiger partial charge in [0.1, 0.15) is 11.6 Å². The van der Waals surface area contributed by atoms with E-state index in [2.05, 4.69) is 13.0 Å². The maximum absolute atomic E-state index is 13.6. The van der Waals surface area contributed by atoms with Crippen LogP contribution in [0.4, 0.5) is 4.39 Å². The van der Waals surface area contributed by atoms with Crippen LogP contribution in [-0.4, -0.2) is 17.3 Å². The van der Waals surface area contributed by atoms with Crippen molar-refractivity contribution in [1.82, 2.24) is 0 Å². The van der Waals surface area contributed by atoms with Crippen LogP contribution in [0.25, 0.3) is 11.1 Å². The Morgan fingerprint density at radius 1 is 1.08 bits per heavy atom. The van der Waals surface area contributed by atoms with Crippen LogP contribution >= 0.6 is 0 Å². The van der Waals surface area contributed by atoms with E-state index in [0.717, 1.165) is 55.4 Å². The van der Waals surface area contributed by atoms with E-state index in [0.29, 0.717) is 0 Å². The normalized spacial score (nSPS) is 20.8. The molecule has 0 amide bonds. The molecule has 0 saturated heterocycles. The maximum atomic E-state index is 13.6. The Labute approximate surface area is 143 Å². The molecule has 0 bridgehead atoms. The number of hydrogen-bond acceptors (Lipinski definition) is 2. The largest absolute Gasteiger partial charge is 0.490 e. The molecular weight excluding hydrogens is 303 g/mol. The predicted octanol–water partition coefficient (Wildman–Crippen LogP) is 5.13. The van der Waals surface area contributed by atoms with Gasteiger partial charge in [0.25, 0.3) is 0 Å². The van der Waals surface area contributed by atoms with Gasteiger partial charge < -0.3 is 9.84 Å². The first-order chi connectivity index (χ1) is 11.7.